The summed E-state index contributed by atoms with van der Waals surface area (Å²) in [6, 6.07) is 24.2. The average molecular weight is 2020 g/mol. The fourth-order valence-corrected chi connectivity index (χ4v) is 19.3. The van der Waals surface area contributed by atoms with Crippen LogP contribution in [0.1, 0.15) is 170 Å². The Morgan fingerprint density at radius 3 is 0.882 bits per heavy atom. The molecule has 3 aromatic carbocycles. The van der Waals surface area contributed by atoms with Crippen LogP contribution >= 0.6 is 34.8 Å². The Morgan fingerprint density at radius 2 is 0.646 bits per heavy atom. The molecule has 0 N–H and O–H groups in total. The molecule has 3 amide bonds. The van der Waals surface area contributed by atoms with Gasteiger partial charge in [-0.15, -0.1) is 0 Å². The molecule has 754 valence electrons. The Kier molecular flexibility index (Phi) is 30.8. The first-order chi connectivity index (χ1) is 69.1. The maximum absolute atomic E-state index is 15.2. The number of pyridine rings is 3. The topological polar surface area (TPSA) is 329 Å². The number of anilines is 3. The molecule has 4 aliphatic carbocycles. The molecule has 0 radical (unpaired) electrons. The Bertz CT molecular complexity index is 6450. The van der Waals surface area contributed by atoms with Crippen LogP contribution in [0.25, 0.3) is 83.9 Å². The number of hydrogen-bond acceptors (Lipinski definition) is 27. The fraction of sp³-hybridized carbons (Fsp3) is 0.429. The van der Waals surface area contributed by atoms with Gasteiger partial charge in [-0.3, -0.25) is 14.4 Å². The van der Waals surface area contributed by atoms with Crippen LogP contribution in [0.5, 0.6) is 18.0 Å². The second-order valence-electron chi connectivity index (χ2n) is 39.0. The Morgan fingerprint density at radius 1 is 0.389 bits per heavy atom. The third kappa shape index (κ3) is 21.8. The molecular weight excluding hydrogens is 1900 g/mol. The maximum Gasteiger partial charge on any atom is 0.355 e. The van der Waals surface area contributed by atoms with E-state index in [2.05, 4.69) is 34.7 Å². The van der Waals surface area contributed by atoms with Crippen molar-refractivity contribution < 1.29 is 41.8 Å². The second kappa shape index (κ2) is 43.3. The smallest absolute Gasteiger partial charge is 0.355 e. The van der Waals surface area contributed by atoms with Gasteiger partial charge in [0, 0.05) is 137 Å². The molecule has 33 nitrogen and oxygen atoms in total. The molecular formula is C105H118Cl3F3N24O9. The van der Waals surface area contributed by atoms with E-state index >= 15 is 13.2 Å². The molecule has 144 heavy (non-hydrogen) atoms. The van der Waals surface area contributed by atoms with Crippen LogP contribution in [0.4, 0.5) is 30.6 Å². The van der Waals surface area contributed by atoms with Crippen molar-refractivity contribution >= 4 is 103 Å². The van der Waals surface area contributed by atoms with Gasteiger partial charge in [-0.25, -0.2) is 56.2 Å². The molecule has 3 atom stereocenters. The van der Waals surface area contributed by atoms with E-state index in [0.717, 1.165) is 74.1 Å². The number of carbonyl (C=O) groups is 3. The summed E-state index contributed by atoms with van der Waals surface area (Å²) < 4.78 is 68.1. The van der Waals surface area contributed by atoms with Gasteiger partial charge < -0.3 is 58.3 Å². The molecule has 3 saturated heterocycles. The summed E-state index contributed by atoms with van der Waals surface area (Å²) in [5.41, 5.74) is 6.10. The van der Waals surface area contributed by atoms with Gasteiger partial charge in [0.25, 0.3) is 0 Å². The summed E-state index contributed by atoms with van der Waals surface area (Å²) >= 11 is 20.6. The number of ether oxygens (including phenoxy) is 3. The van der Waals surface area contributed by atoms with Crippen molar-refractivity contribution in [2.75, 3.05) is 155 Å². The SMILES string of the molecule is C=CC(=O)N1CCN(c2nc(=O)n(-c3c(C(C)C)nc(OCCN(C)C)nc3C(C)C)c3nc(-c4ccccc4F)c(Cl)cc23)[C@@H](C)C1.C=CC(=O)N1CCN(c2nc(=O)n(-c3c(C4CC4)nc(OCCN(C)C)nc3C3CC3)c3nc(-c4ccccc4F)c(Cl)cc23)[C@@H](C)C1.C=CC(=O)N1CCN(c2nc(=O)n(-c3c(C4CC4)nc(OCCN(C)C)nc3C3CC3)c3nc(-c4ccccc4F)c(Cl)cc23)[C@@H](C)C1. The van der Waals surface area contributed by atoms with Gasteiger partial charge >= 0.3 is 35.1 Å². The first kappa shape index (κ1) is 102. The highest BCUT2D eigenvalue weighted by Crippen LogP contribution is 2.52. The summed E-state index contributed by atoms with van der Waals surface area (Å²) in [5.74, 6) is -0.499. The summed E-state index contributed by atoms with van der Waals surface area (Å²) in [6.45, 7) is 31.8. The quantitative estimate of drug-likeness (QED) is 0.0377. The first-order valence-electron chi connectivity index (χ1n) is 48.9. The van der Waals surface area contributed by atoms with Crippen molar-refractivity contribution in [3.63, 3.8) is 0 Å². The highest BCUT2D eigenvalue weighted by Gasteiger charge is 2.43. The summed E-state index contributed by atoms with van der Waals surface area (Å²) in [4.78, 5) is 156. The lowest BCUT2D eigenvalue weighted by molar-refractivity contribution is -0.127. The predicted molar refractivity (Wildman–Crippen MR) is 552 cm³/mol. The molecule has 39 heteroatoms. The van der Waals surface area contributed by atoms with E-state index in [0.29, 0.717) is 172 Å². The van der Waals surface area contributed by atoms with Gasteiger partial charge in [0.15, 0.2) is 16.9 Å². The van der Waals surface area contributed by atoms with E-state index in [1.807, 2.05) is 120 Å². The van der Waals surface area contributed by atoms with Crippen LogP contribution in [0.2, 0.25) is 15.1 Å². The molecule has 0 spiro atoms. The minimum atomic E-state index is -0.600. The summed E-state index contributed by atoms with van der Waals surface area (Å²) in [5, 5.41) is 2.20. The molecule has 3 aliphatic heterocycles. The van der Waals surface area contributed by atoms with Crippen LogP contribution in [0, 0.1) is 17.5 Å². The van der Waals surface area contributed by atoms with E-state index in [-0.39, 0.29) is 143 Å². The zero-order valence-corrected chi connectivity index (χ0v) is 85.4. The molecule has 0 unspecified atom stereocenters. The molecule has 19 rings (SSSR count). The zero-order chi connectivity index (χ0) is 102. The molecule has 0 bridgehead atoms. The normalized spacial score (nSPS) is 17.1. The number of rotatable bonds is 30. The zero-order valence-electron chi connectivity index (χ0n) is 83.1. The molecule has 4 saturated carbocycles. The van der Waals surface area contributed by atoms with Crippen molar-refractivity contribution in [1.82, 2.24) is 103 Å². The molecule has 9 aromatic heterocycles. The number of piperazine rings is 3. The van der Waals surface area contributed by atoms with Crippen molar-refractivity contribution in [3.8, 4) is 68.9 Å². The standard InChI is InChI=1S/2C35H38ClFN8O3.C35H42ClFN8O3/c2*1-5-27(46)43-14-15-44(20(2)19-43)32-24-18-25(36)30(23-8-6-7-9-26(23)37)38-33(24)45(35(47)41-32)31-28(21-10-11-21)39-34(48-17-16-42(3)4)40-29(31)22-12-13-22;1-9-27(46)43-14-15-44(22(6)19-43)32-24-18-25(36)30(23-12-10-11-13-26(23)37)38-33(24)45(35(47)41-32)31-28(20(2)3)39-34(40-29(31)21(4)5)48-17-16-42(7)8/h2*5-9,18,20-22H,1,10-17,19H2,2-4H3;9-13,18,20-22H,1,14-17,19H2,2-8H3/t2*20-;22-/m000/s1. The Hall–Kier alpha value is -13.3. The maximum atomic E-state index is 15.2. The number of amides is 3. The van der Waals surface area contributed by atoms with Crippen molar-refractivity contribution in [3.05, 3.63) is 227 Å². The van der Waals surface area contributed by atoms with Crippen molar-refractivity contribution in [2.24, 2.45) is 0 Å². The lowest BCUT2D eigenvalue weighted by Gasteiger charge is -2.40. The highest BCUT2D eigenvalue weighted by molar-refractivity contribution is 6.35. The van der Waals surface area contributed by atoms with E-state index < -0.39 is 34.5 Å². The van der Waals surface area contributed by atoms with Gasteiger partial charge in [-0.1, -0.05) is 119 Å². The lowest BCUT2D eigenvalue weighted by atomic mass is 10.0. The van der Waals surface area contributed by atoms with Crippen LogP contribution in [0.15, 0.2) is 143 Å². The van der Waals surface area contributed by atoms with Crippen LogP contribution in [-0.4, -0.2) is 279 Å². The second-order valence-corrected chi connectivity index (χ2v) is 40.2. The lowest BCUT2D eigenvalue weighted by Crippen LogP contribution is -2.54. The van der Waals surface area contributed by atoms with E-state index in [9.17, 15) is 28.8 Å². The van der Waals surface area contributed by atoms with E-state index in [1.54, 1.807) is 87.5 Å². The Balaban J connectivity index is 0.000000148. The van der Waals surface area contributed by atoms with Gasteiger partial charge in [-0.2, -0.15) is 44.9 Å². The van der Waals surface area contributed by atoms with Gasteiger partial charge in [0.1, 0.15) is 54.7 Å². The van der Waals surface area contributed by atoms with E-state index in [4.69, 9.17) is 93.9 Å². The van der Waals surface area contributed by atoms with Crippen LogP contribution < -0.4 is 46.0 Å². The molecule has 12 aromatic rings. The number of carbonyl (C=O) groups excluding carboxylic acids is 3. The average Bonchev–Trinajstić information content (AvgIpc) is 1.54. The largest absolute Gasteiger partial charge is 0.462 e. The van der Waals surface area contributed by atoms with Crippen molar-refractivity contribution in [2.45, 2.75) is 153 Å². The minimum Gasteiger partial charge on any atom is -0.462 e. The Labute approximate surface area is 847 Å². The number of fused-ring (bicyclic) bond motifs is 3. The third-order valence-corrected chi connectivity index (χ3v) is 27.5. The van der Waals surface area contributed by atoms with Crippen LogP contribution in [0.3, 0.4) is 0 Å². The van der Waals surface area contributed by atoms with Gasteiger partial charge in [0.2, 0.25) is 17.7 Å². The first-order valence-corrected chi connectivity index (χ1v) is 50.0. The van der Waals surface area contributed by atoms with Crippen LogP contribution in [-0.2, 0) is 14.4 Å². The fourth-order valence-electron chi connectivity index (χ4n) is 18.5. The monoisotopic (exact) mass is 2020 g/mol. The van der Waals surface area contributed by atoms with E-state index in [1.165, 1.54) is 50.1 Å². The summed E-state index contributed by atoms with van der Waals surface area (Å²) in [7, 11) is 11.8. The number of benzene rings is 3. The summed E-state index contributed by atoms with van der Waals surface area (Å²) in [6.07, 6.45) is 11.3. The number of halogens is 6. The number of hydrogen-bond donors (Lipinski definition) is 0. The van der Waals surface area contributed by atoms with Gasteiger partial charge in [-0.05, 0) is 199 Å². The number of likely N-dealkylation sites (N-methyl/N-ethyl adjacent to an activating group) is 3. The third-order valence-electron chi connectivity index (χ3n) is 26.6. The highest BCUT2D eigenvalue weighted by atomic mass is 35.5. The molecule has 7 aliphatic rings. The molecule has 12 heterocycles. The number of nitrogens with zero attached hydrogens (tertiary/aromatic N) is 24. The molecule has 7 fully saturated rings. The van der Waals surface area contributed by atoms with Gasteiger partial charge in [0.05, 0.1) is 99.5 Å². The van der Waals surface area contributed by atoms with Crippen molar-refractivity contribution in [1.29, 1.82) is 0 Å². The predicted octanol–water partition coefficient (Wildman–Crippen LogP) is 15.3. The number of aromatic nitrogens is 15. The minimum absolute atomic E-state index is 0.132.